The van der Waals surface area contributed by atoms with Gasteiger partial charge >= 0.3 is 0 Å². The summed E-state index contributed by atoms with van der Waals surface area (Å²) >= 11 is 1.65. The fourth-order valence-corrected chi connectivity index (χ4v) is 3.34. The average molecular weight is 306 g/mol. The molecular weight excluding hydrogens is 284 g/mol. The van der Waals surface area contributed by atoms with Crippen molar-refractivity contribution in [1.29, 1.82) is 0 Å². The third kappa shape index (κ3) is 3.27. The summed E-state index contributed by atoms with van der Waals surface area (Å²) in [4.78, 5) is 10.2. The largest absolute Gasteiger partial charge is 0.378 e. The van der Waals surface area contributed by atoms with Gasteiger partial charge in [-0.05, 0) is 31.2 Å². The predicted molar refractivity (Wildman–Crippen MR) is 88.2 cm³/mol. The Kier molecular flexibility index (Phi) is 4.55. The maximum absolute atomic E-state index is 5.62. The lowest BCUT2D eigenvalue weighted by atomic mass is 10.0. The molecule has 0 radical (unpaired) electrons. The molecule has 114 valence electrons. The summed E-state index contributed by atoms with van der Waals surface area (Å²) in [5.74, 6) is 2.20. The van der Waals surface area contributed by atoms with Gasteiger partial charge in [0.05, 0.1) is 11.5 Å². The molecule has 2 atom stereocenters. The molecule has 5 nitrogen and oxygen atoms in total. The number of anilines is 2. The van der Waals surface area contributed by atoms with Crippen LogP contribution in [0.3, 0.4) is 0 Å². The van der Waals surface area contributed by atoms with Gasteiger partial charge in [-0.3, -0.25) is 0 Å². The molecule has 2 aromatic rings. The van der Waals surface area contributed by atoms with Crippen molar-refractivity contribution in [3.63, 3.8) is 0 Å². The summed E-state index contributed by atoms with van der Waals surface area (Å²) in [6, 6.07) is 2.08. The van der Waals surface area contributed by atoms with Crippen LogP contribution in [0.2, 0.25) is 0 Å². The third-order valence-corrected chi connectivity index (χ3v) is 4.73. The number of nitrogens with zero attached hydrogens (tertiary/aromatic N) is 2. The molecule has 21 heavy (non-hydrogen) atoms. The van der Waals surface area contributed by atoms with Gasteiger partial charge in [-0.2, -0.15) is 4.98 Å². The Labute approximate surface area is 129 Å². The molecule has 1 saturated heterocycles. The Balaban J connectivity index is 1.77. The Morgan fingerprint density at radius 1 is 1.38 bits per heavy atom. The molecule has 2 N–H and O–H groups in total. The molecule has 0 aliphatic carbocycles. The van der Waals surface area contributed by atoms with E-state index in [1.807, 2.05) is 0 Å². The minimum Gasteiger partial charge on any atom is -0.378 e. The highest BCUT2D eigenvalue weighted by molar-refractivity contribution is 7.16. The monoisotopic (exact) mass is 306 g/mol. The third-order valence-electron chi connectivity index (χ3n) is 3.92. The van der Waals surface area contributed by atoms with Crippen LogP contribution in [0.25, 0.3) is 10.2 Å². The van der Waals surface area contributed by atoms with Crippen molar-refractivity contribution in [2.45, 2.75) is 32.8 Å². The summed E-state index contributed by atoms with van der Waals surface area (Å²) < 4.78 is 5.62. The van der Waals surface area contributed by atoms with Crippen LogP contribution in [0.4, 0.5) is 11.8 Å². The van der Waals surface area contributed by atoms with Crippen LogP contribution in [0.15, 0.2) is 11.4 Å². The number of hydrogen-bond donors (Lipinski definition) is 2. The van der Waals surface area contributed by atoms with Crippen LogP contribution in [-0.2, 0) is 4.74 Å². The molecule has 1 aliphatic heterocycles. The molecule has 2 unspecified atom stereocenters. The molecule has 3 rings (SSSR count). The van der Waals surface area contributed by atoms with E-state index in [0.29, 0.717) is 18.0 Å². The van der Waals surface area contributed by atoms with Crippen LogP contribution in [0.5, 0.6) is 0 Å². The van der Waals surface area contributed by atoms with Gasteiger partial charge in [-0.15, -0.1) is 11.3 Å². The Morgan fingerprint density at radius 2 is 2.29 bits per heavy atom. The number of nitrogens with one attached hydrogen (secondary N) is 2. The highest BCUT2D eigenvalue weighted by Gasteiger charge is 2.24. The van der Waals surface area contributed by atoms with Crippen molar-refractivity contribution < 1.29 is 4.74 Å². The number of thiophene rings is 1. The number of ether oxygens (including phenoxy) is 1. The Hall–Kier alpha value is -1.40. The van der Waals surface area contributed by atoms with E-state index in [9.17, 15) is 0 Å². The van der Waals surface area contributed by atoms with Gasteiger partial charge in [0.1, 0.15) is 10.6 Å². The molecule has 0 bridgehead atoms. The molecule has 2 aromatic heterocycles. The van der Waals surface area contributed by atoms with Crippen molar-refractivity contribution in [3.05, 3.63) is 11.4 Å². The SMILES string of the molecule is CCCNc1nc(NCC2CCOC2C)c2ccsc2n1. The van der Waals surface area contributed by atoms with E-state index in [-0.39, 0.29) is 0 Å². The van der Waals surface area contributed by atoms with Gasteiger partial charge in [-0.1, -0.05) is 6.92 Å². The van der Waals surface area contributed by atoms with Crippen LogP contribution >= 0.6 is 11.3 Å². The van der Waals surface area contributed by atoms with Crippen LogP contribution in [0.1, 0.15) is 26.7 Å². The van der Waals surface area contributed by atoms with E-state index in [2.05, 4.69) is 45.9 Å². The minimum absolute atomic E-state index is 0.329. The first-order valence-electron chi connectivity index (χ1n) is 7.62. The molecular formula is C15H22N4OS. The van der Waals surface area contributed by atoms with Crippen molar-refractivity contribution in [2.24, 2.45) is 5.92 Å². The van der Waals surface area contributed by atoms with Gasteiger partial charge < -0.3 is 15.4 Å². The van der Waals surface area contributed by atoms with Crippen LogP contribution in [-0.4, -0.2) is 35.8 Å². The predicted octanol–water partition coefficient (Wildman–Crippen LogP) is 3.35. The van der Waals surface area contributed by atoms with Gasteiger partial charge in [0.2, 0.25) is 5.95 Å². The normalized spacial score (nSPS) is 21.8. The van der Waals surface area contributed by atoms with Gasteiger partial charge in [0.25, 0.3) is 0 Å². The highest BCUT2D eigenvalue weighted by Crippen LogP contribution is 2.28. The van der Waals surface area contributed by atoms with Gasteiger partial charge in [-0.25, -0.2) is 4.98 Å². The van der Waals surface area contributed by atoms with E-state index in [1.165, 1.54) is 0 Å². The topological polar surface area (TPSA) is 59.1 Å². The minimum atomic E-state index is 0.329. The maximum atomic E-state index is 5.62. The molecule has 1 fully saturated rings. The summed E-state index contributed by atoms with van der Waals surface area (Å²) in [5.41, 5.74) is 0. The molecule has 0 spiro atoms. The first kappa shape index (κ1) is 14.5. The van der Waals surface area contributed by atoms with E-state index in [0.717, 1.165) is 48.6 Å². The summed E-state index contributed by atoms with van der Waals surface area (Å²) in [6.07, 6.45) is 2.51. The van der Waals surface area contributed by atoms with Crippen LogP contribution in [0, 0.1) is 5.92 Å². The zero-order chi connectivity index (χ0) is 14.7. The second kappa shape index (κ2) is 6.58. The zero-order valence-electron chi connectivity index (χ0n) is 12.6. The summed E-state index contributed by atoms with van der Waals surface area (Å²) in [6.45, 7) is 6.94. The second-order valence-electron chi connectivity index (χ2n) is 5.47. The number of hydrogen-bond acceptors (Lipinski definition) is 6. The molecule has 1 aliphatic rings. The first-order chi connectivity index (χ1) is 10.3. The smallest absolute Gasteiger partial charge is 0.226 e. The van der Waals surface area contributed by atoms with Crippen molar-refractivity contribution in [1.82, 2.24) is 9.97 Å². The molecule has 0 aromatic carbocycles. The van der Waals surface area contributed by atoms with Crippen molar-refractivity contribution >= 4 is 33.3 Å². The highest BCUT2D eigenvalue weighted by atomic mass is 32.1. The van der Waals surface area contributed by atoms with Gasteiger partial charge in [0.15, 0.2) is 0 Å². The fourth-order valence-electron chi connectivity index (χ4n) is 2.58. The molecule has 0 amide bonds. The van der Waals surface area contributed by atoms with Gasteiger partial charge in [0, 0.05) is 25.6 Å². The molecule has 3 heterocycles. The quantitative estimate of drug-likeness (QED) is 0.857. The fraction of sp³-hybridized carbons (Fsp3) is 0.600. The van der Waals surface area contributed by atoms with E-state index >= 15 is 0 Å². The van der Waals surface area contributed by atoms with E-state index < -0.39 is 0 Å². The second-order valence-corrected chi connectivity index (χ2v) is 6.36. The molecule has 6 heteroatoms. The number of fused-ring (bicyclic) bond motifs is 1. The Morgan fingerprint density at radius 3 is 3.05 bits per heavy atom. The lowest BCUT2D eigenvalue weighted by molar-refractivity contribution is 0.108. The van der Waals surface area contributed by atoms with E-state index in [4.69, 9.17) is 4.74 Å². The lowest BCUT2D eigenvalue weighted by Gasteiger charge is -2.16. The van der Waals surface area contributed by atoms with Crippen molar-refractivity contribution in [3.8, 4) is 0 Å². The van der Waals surface area contributed by atoms with E-state index in [1.54, 1.807) is 11.3 Å². The standard InChI is InChI=1S/C15H22N4OS/c1-3-6-16-15-18-13(12-5-8-21-14(12)19-15)17-9-11-4-7-20-10(11)2/h5,8,10-11H,3-4,6-7,9H2,1-2H3,(H2,16,17,18,19). The van der Waals surface area contributed by atoms with Crippen LogP contribution < -0.4 is 10.6 Å². The first-order valence-corrected chi connectivity index (χ1v) is 8.50. The summed E-state index contributed by atoms with van der Waals surface area (Å²) in [5, 5.41) is 9.94. The molecule has 0 saturated carbocycles. The zero-order valence-corrected chi connectivity index (χ0v) is 13.4. The number of rotatable bonds is 6. The van der Waals surface area contributed by atoms with Crippen molar-refractivity contribution in [2.75, 3.05) is 30.3 Å². The average Bonchev–Trinajstić information content (AvgIpc) is 3.11. The lowest BCUT2D eigenvalue weighted by Crippen LogP contribution is -2.21. The Bertz CT molecular complexity index is 600. The maximum Gasteiger partial charge on any atom is 0.226 e. The number of aromatic nitrogens is 2. The summed E-state index contributed by atoms with van der Waals surface area (Å²) in [7, 11) is 0.